The first-order chi connectivity index (χ1) is 39.1. The van der Waals surface area contributed by atoms with Crippen LogP contribution in [0, 0.1) is 11.8 Å². The second-order valence-corrected chi connectivity index (χ2v) is 20.9. The van der Waals surface area contributed by atoms with Gasteiger partial charge in [-0.1, -0.05) is 119 Å². The zero-order chi connectivity index (χ0) is 64.5. The Bertz CT molecular complexity index is 2430. The van der Waals surface area contributed by atoms with E-state index in [0.29, 0.717) is 24.7 Å². The predicted molar refractivity (Wildman–Crippen MR) is 311 cm³/mol. The molecule has 0 unspecified atom stereocenters. The first-order valence-electron chi connectivity index (χ1n) is 26.8. The Labute approximate surface area is 490 Å². The summed E-state index contributed by atoms with van der Waals surface area (Å²) in [6, 6.07) is 23.6. The van der Waals surface area contributed by atoms with Gasteiger partial charge in [-0.25, -0.2) is 14.6 Å². The molecule has 84 heavy (non-hydrogen) atoms. The van der Waals surface area contributed by atoms with Crippen LogP contribution in [0.15, 0.2) is 104 Å². The van der Waals surface area contributed by atoms with Crippen LogP contribution in [0.25, 0.3) is 0 Å². The monoisotopic (exact) mass is 1190 g/mol. The van der Waals surface area contributed by atoms with E-state index in [1.807, 2.05) is 119 Å². The zero-order valence-electron chi connectivity index (χ0n) is 49.1. The average Bonchev–Trinajstić information content (AvgIpc) is 4.00. The Morgan fingerprint density at radius 1 is 0.583 bits per heavy atom. The van der Waals surface area contributed by atoms with Crippen LogP contribution in [-0.4, -0.2) is 148 Å². The number of benzene rings is 3. The smallest absolute Gasteiger partial charge is 0.408 e. The van der Waals surface area contributed by atoms with Crippen LogP contribution in [0.4, 0.5) is 4.79 Å². The summed E-state index contributed by atoms with van der Waals surface area (Å²) < 4.78 is 15.3. The molecule has 0 fully saturated rings. The molecule has 0 radical (unpaired) electrons. The van der Waals surface area contributed by atoms with Gasteiger partial charge in [0.2, 0.25) is 0 Å². The molecule has 3 aromatic carbocycles. The maximum Gasteiger partial charge on any atom is 0.408 e. The Morgan fingerprint density at radius 2 is 1.00 bits per heavy atom. The number of aliphatic hydroxyl groups is 2. The van der Waals surface area contributed by atoms with Gasteiger partial charge < -0.3 is 88.9 Å². The highest BCUT2D eigenvalue weighted by atomic mass is 16.6. The third kappa shape index (κ3) is 43.8. The van der Waals surface area contributed by atoms with Crippen LogP contribution >= 0.6 is 0 Å². The summed E-state index contributed by atoms with van der Waals surface area (Å²) in [5.41, 5.74) is 29.7. The van der Waals surface area contributed by atoms with Crippen LogP contribution in [0.1, 0.15) is 116 Å². The van der Waals surface area contributed by atoms with Gasteiger partial charge in [-0.05, 0) is 75.5 Å². The standard InChI is InChI=1S/C19H21NO4.C14H19NO4.2C8H17NO3.C6H9N3O2.C3H7NO2/c20-17(19(22)24-14-16-9-5-2-6-10-16)11-12-18(21)23-13-15-7-3-1-4-8-15;1-14(2,3)19-13(18)15-11(12(16)17)9-10-7-5-4-6-8-10;2*1-5(2)3-6(9)7(10)4-8(11)12;7-5(6(10)11)1-4-2-8-3-9-4;1-2(4)3(5)6/h1-10,17H,11-14,20H2;4-8,11H,9H2,1-3H3,(H,15,18)(H,16,17);2*5-7,10H,3-4,9H2,1-2H3,(H,11,12);2-3,5H,1,7H2,(H,8,9)(H,10,11);2H,4H2,1H3,(H,5,6)/t17-;11-;2*6-,7-;5-;2-/m000000/s1. The summed E-state index contributed by atoms with van der Waals surface area (Å²) in [4.78, 5) is 92.9. The van der Waals surface area contributed by atoms with Crippen LogP contribution in [-0.2, 0) is 73.8 Å². The number of carboxylic acids is 5. The zero-order valence-corrected chi connectivity index (χ0v) is 49.1. The van der Waals surface area contributed by atoms with Crippen molar-refractivity contribution in [2.45, 2.75) is 174 Å². The van der Waals surface area contributed by atoms with Crippen LogP contribution < -0.4 is 34.0 Å². The first-order valence-corrected chi connectivity index (χ1v) is 26.8. The topological polar surface area (TPSA) is 477 Å². The highest BCUT2D eigenvalue weighted by Gasteiger charge is 2.25. The Kier molecular flexibility index (Phi) is 40.8. The van der Waals surface area contributed by atoms with Crippen molar-refractivity contribution in [3.05, 3.63) is 126 Å². The van der Waals surface area contributed by atoms with Crippen molar-refractivity contribution in [3.8, 4) is 0 Å². The summed E-state index contributed by atoms with van der Waals surface area (Å²) >= 11 is 0. The first kappa shape index (κ1) is 78.2. The molecule has 8 atom stereocenters. The van der Waals surface area contributed by atoms with E-state index >= 15 is 0 Å². The maximum absolute atomic E-state index is 11.8. The summed E-state index contributed by atoms with van der Waals surface area (Å²) in [6.07, 6.45) is 2.00. The van der Waals surface area contributed by atoms with Crippen LogP contribution in [0.5, 0.6) is 0 Å². The number of aliphatic carboxylic acids is 5. The third-order valence-corrected chi connectivity index (χ3v) is 10.6. The SMILES string of the molecule is CC(C)(C)OC(=O)N[C@@H](Cc1ccccc1)C(=O)O.CC(C)C[C@H](N)[C@@H](O)CC(=O)O.CC(C)C[C@H](N)[C@@H](O)CC(=O)O.C[C@H](N)C(=O)O.N[C@@H](CCC(=O)OCc1ccccc1)C(=O)OCc1ccccc1.N[C@@H](Cc1cnc[nH]1)C(=O)O. The summed E-state index contributed by atoms with van der Waals surface area (Å²) in [5, 5.41) is 62.9. The molecule has 0 aliphatic rings. The van der Waals surface area contributed by atoms with E-state index in [9.17, 15) is 48.6 Å². The second kappa shape index (κ2) is 43.8. The number of alkyl carbamates (subject to hydrolysis) is 1. The fraction of sp³-hybridized carbons (Fsp3) is 0.500. The molecule has 0 aliphatic carbocycles. The van der Waals surface area contributed by atoms with Gasteiger partial charge in [0.05, 0.1) is 31.4 Å². The largest absolute Gasteiger partial charge is 0.481 e. The minimum Gasteiger partial charge on any atom is -0.481 e. The number of rotatable bonds is 26. The van der Waals surface area contributed by atoms with E-state index in [2.05, 4.69) is 15.3 Å². The van der Waals surface area contributed by atoms with Gasteiger partial charge in [0.25, 0.3) is 0 Å². The summed E-state index contributed by atoms with van der Waals surface area (Å²) in [6.45, 7) is 14.9. The number of esters is 2. The predicted octanol–water partition coefficient (Wildman–Crippen LogP) is 3.96. The van der Waals surface area contributed by atoms with Gasteiger partial charge in [-0.3, -0.25) is 28.8 Å². The summed E-state index contributed by atoms with van der Waals surface area (Å²) in [5.74, 6) is -5.22. The molecular weight excluding hydrogens is 1100 g/mol. The normalized spacial score (nSPS) is 13.4. The fourth-order valence-corrected chi connectivity index (χ4v) is 6.32. The molecule has 0 saturated carbocycles. The number of nitrogens with two attached hydrogens (primary N) is 5. The molecular formula is C58H90N8O18. The van der Waals surface area contributed by atoms with Gasteiger partial charge >= 0.3 is 47.9 Å². The van der Waals surface area contributed by atoms with E-state index in [4.69, 9.17) is 68.4 Å². The van der Waals surface area contributed by atoms with Crippen molar-refractivity contribution < 1.29 is 88.3 Å². The summed E-state index contributed by atoms with van der Waals surface area (Å²) in [7, 11) is 0. The van der Waals surface area contributed by atoms with Crippen LogP contribution in [0.3, 0.4) is 0 Å². The lowest BCUT2D eigenvalue weighted by Crippen LogP contribution is -2.44. The van der Waals surface area contributed by atoms with Crippen molar-refractivity contribution in [2.75, 3.05) is 0 Å². The van der Waals surface area contributed by atoms with Crippen molar-refractivity contribution in [1.29, 1.82) is 0 Å². The number of nitrogens with one attached hydrogen (secondary N) is 2. The van der Waals surface area contributed by atoms with E-state index in [1.165, 1.54) is 13.3 Å². The molecule has 26 heteroatoms. The number of hydrogen-bond donors (Lipinski definition) is 14. The molecule has 470 valence electrons. The van der Waals surface area contributed by atoms with Gasteiger partial charge in [0.1, 0.15) is 43.0 Å². The Balaban J connectivity index is 0. The fourth-order valence-electron chi connectivity index (χ4n) is 6.32. The molecule has 4 rings (SSSR count). The van der Waals surface area contributed by atoms with E-state index < -0.39 is 96.0 Å². The Morgan fingerprint density at radius 3 is 1.35 bits per heavy atom. The number of hydrogen-bond acceptors (Lipinski definition) is 19. The maximum atomic E-state index is 11.8. The molecule has 1 aromatic heterocycles. The lowest BCUT2D eigenvalue weighted by Gasteiger charge is -2.22. The van der Waals surface area contributed by atoms with Crippen molar-refractivity contribution in [3.63, 3.8) is 0 Å². The average molecular weight is 1190 g/mol. The van der Waals surface area contributed by atoms with Crippen molar-refractivity contribution in [1.82, 2.24) is 15.3 Å². The van der Waals surface area contributed by atoms with Gasteiger partial charge in [0.15, 0.2) is 0 Å². The molecule has 1 amide bonds. The van der Waals surface area contributed by atoms with E-state index in [1.54, 1.807) is 27.0 Å². The van der Waals surface area contributed by atoms with E-state index in [-0.39, 0.29) is 57.7 Å². The number of nitrogens with zero attached hydrogens (tertiary/aromatic N) is 1. The van der Waals surface area contributed by atoms with Gasteiger partial charge in [0, 0.05) is 43.2 Å². The number of ether oxygens (including phenoxy) is 3. The van der Waals surface area contributed by atoms with Gasteiger partial charge in [-0.15, -0.1) is 0 Å². The van der Waals surface area contributed by atoms with Gasteiger partial charge in [-0.2, -0.15) is 0 Å². The van der Waals surface area contributed by atoms with Crippen LogP contribution in [0.2, 0.25) is 0 Å². The number of carboxylic acid groups (broad SMARTS) is 5. The number of carbonyl (C=O) groups is 8. The molecule has 4 aromatic rings. The quantitative estimate of drug-likeness (QED) is 0.0312. The highest BCUT2D eigenvalue weighted by Crippen LogP contribution is 2.12. The number of H-pyrrole nitrogens is 1. The molecule has 0 aliphatic heterocycles. The van der Waals surface area contributed by atoms with Crippen molar-refractivity contribution in [2.24, 2.45) is 40.5 Å². The minimum absolute atomic E-state index is 0.0778. The second-order valence-electron chi connectivity index (χ2n) is 20.9. The lowest BCUT2D eigenvalue weighted by atomic mass is 9.98. The lowest BCUT2D eigenvalue weighted by molar-refractivity contribution is -0.148. The molecule has 0 saturated heterocycles. The number of imidazole rings is 1. The molecule has 26 nitrogen and oxygen atoms in total. The molecule has 19 N–H and O–H groups in total. The minimum atomic E-state index is -1.09. The number of carbonyl (C=O) groups excluding carboxylic acids is 3. The number of aromatic amines is 1. The molecule has 0 spiro atoms. The third-order valence-electron chi connectivity index (χ3n) is 10.6. The van der Waals surface area contributed by atoms with E-state index in [0.717, 1.165) is 22.4 Å². The number of amides is 1. The highest BCUT2D eigenvalue weighted by molar-refractivity contribution is 5.80. The Hall–Kier alpha value is -7.85. The number of aliphatic hydroxyl groups excluding tert-OH is 2. The molecule has 1 heterocycles. The van der Waals surface area contributed by atoms with Crippen molar-refractivity contribution >= 4 is 47.9 Å². The molecule has 0 bridgehead atoms. The number of aromatic nitrogens is 2.